The number of allylic oxidation sites excluding steroid dienone is 3. The maximum Gasteiger partial charge on any atom is 0.351 e. The summed E-state index contributed by atoms with van der Waals surface area (Å²) in [6, 6.07) is 1.30. The van der Waals surface area contributed by atoms with E-state index in [0.717, 1.165) is 0 Å². The quantitative estimate of drug-likeness (QED) is 0.468. The molecule has 0 radical (unpaired) electrons. The predicted molar refractivity (Wildman–Crippen MR) is 89.2 cm³/mol. The molecule has 1 atom stereocenters. The molecule has 24 heavy (non-hydrogen) atoms. The molecular weight excluding hydrogens is 312 g/mol. The van der Waals surface area contributed by atoms with Crippen LogP contribution in [0, 0.1) is 0 Å². The Bertz CT molecular complexity index is 724. The third-order valence-electron chi connectivity index (χ3n) is 3.68. The van der Waals surface area contributed by atoms with E-state index < -0.39 is 17.4 Å². The summed E-state index contributed by atoms with van der Waals surface area (Å²) < 4.78 is 9.67. The molecule has 0 aromatic carbocycles. The highest BCUT2D eigenvalue weighted by molar-refractivity contribution is 6.09. The van der Waals surface area contributed by atoms with E-state index in [-0.39, 0.29) is 17.2 Å². The van der Waals surface area contributed by atoms with Gasteiger partial charge >= 0.3 is 11.6 Å². The lowest BCUT2D eigenvalue weighted by atomic mass is 10.00. The van der Waals surface area contributed by atoms with Crippen molar-refractivity contribution < 1.29 is 23.8 Å². The van der Waals surface area contributed by atoms with Crippen molar-refractivity contribution in [3.05, 3.63) is 51.6 Å². The van der Waals surface area contributed by atoms with Crippen LogP contribution in [0.5, 0.6) is 5.75 Å². The summed E-state index contributed by atoms with van der Waals surface area (Å²) in [4.78, 5) is 35.1. The van der Waals surface area contributed by atoms with Crippen LogP contribution in [0.25, 0.3) is 0 Å². The highest BCUT2D eigenvalue weighted by atomic mass is 16.5. The van der Waals surface area contributed by atoms with Gasteiger partial charge in [-0.2, -0.15) is 0 Å². The summed E-state index contributed by atoms with van der Waals surface area (Å²) in [6.07, 6.45) is 5.71. The number of carbonyl (C=O) groups excluding carboxylic acids is 2. The van der Waals surface area contributed by atoms with Crippen LogP contribution in [0.2, 0.25) is 0 Å². The Hall–Kier alpha value is -2.63. The van der Waals surface area contributed by atoms with Crippen molar-refractivity contribution in [1.29, 1.82) is 0 Å². The molecule has 1 aromatic rings. The van der Waals surface area contributed by atoms with Gasteiger partial charge in [0, 0.05) is 18.1 Å². The Labute approximate surface area is 140 Å². The van der Waals surface area contributed by atoms with Crippen LogP contribution in [-0.4, -0.2) is 24.0 Å². The molecule has 6 nitrogen and oxygen atoms in total. The van der Waals surface area contributed by atoms with E-state index in [1.54, 1.807) is 26.0 Å². The summed E-state index contributed by atoms with van der Waals surface area (Å²) in [5.74, 6) is -1.25. The van der Waals surface area contributed by atoms with Crippen molar-refractivity contribution in [3.63, 3.8) is 0 Å². The number of esters is 1. The number of aromatic hydroxyl groups is 1. The first-order valence-electron chi connectivity index (χ1n) is 7.60. The zero-order valence-electron chi connectivity index (χ0n) is 14.3. The SMILES string of the molecule is CC=C(C)C(=O)c1c(O)cc(C(C)CC/C=C/C(=O)OC)oc1=O. The minimum absolute atomic E-state index is 0.169. The molecule has 1 aromatic heterocycles. The van der Waals surface area contributed by atoms with Gasteiger partial charge in [0.2, 0.25) is 0 Å². The van der Waals surface area contributed by atoms with Crippen LogP contribution in [0.15, 0.2) is 39.1 Å². The number of carbonyl (C=O) groups is 2. The molecule has 0 aliphatic carbocycles. The van der Waals surface area contributed by atoms with Crippen molar-refractivity contribution >= 4 is 11.8 Å². The Morgan fingerprint density at radius 3 is 2.62 bits per heavy atom. The third-order valence-corrected chi connectivity index (χ3v) is 3.68. The number of hydrogen-bond acceptors (Lipinski definition) is 6. The summed E-state index contributed by atoms with van der Waals surface area (Å²) in [7, 11) is 1.30. The summed E-state index contributed by atoms with van der Waals surface area (Å²) in [6.45, 7) is 5.05. The van der Waals surface area contributed by atoms with Crippen molar-refractivity contribution in [2.75, 3.05) is 7.11 Å². The fourth-order valence-corrected chi connectivity index (χ4v) is 2.02. The van der Waals surface area contributed by atoms with Gasteiger partial charge in [-0.1, -0.05) is 19.1 Å². The Morgan fingerprint density at radius 2 is 2.08 bits per heavy atom. The van der Waals surface area contributed by atoms with Crippen LogP contribution in [0.1, 0.15) is 55.6 Å². The first-order chi connectivity index (χ1) is 11.3. The molecule has 130 valence electrons. The van der Waals surface area contributed by atoms with Gasteiger partial charge < -0.3 is 14.3 Å². The predicted octanol–water partition coefficient (Wildman–Crippen LogP) is 3.11. The Balaban J connectivity index is 2.92. The van der Waals surface area contributed by atoms with Crippen LogP contribution in [0.3, 0.4) is 0 Å². The van der Waals surface area contributed by atoms with Gasteiger partial charge in [-0.05, 0) is 32.3 Å². The minimum Gasteiger partial charge on any atom is -0.507 e. The van der Waals surface area contributed by atoms with Gasteiger partial charge in [0.25, 0.3) is 0 Å². The molecule has 6 heteroatoms. The fourth-order valence-electron chi connectivity index (χ4n) is 2.02. The van der Waals surface area contributed by atoms with Crippen LogP contribution < -0.4 is 5.63 Å². The molecule has 0 aliphatic rings. The van der Waals surface area contributed by atoms with E-state index >= 15 is 0 Å². The second-order valence-electron chi connectivity index (χ2n) is 5.40. The van der Waals surface area contributed by atoms with Gasteiger partial charge in [0.1, 0.15) is 17.1 Å². The van der Waals surface area contributed by atoms with E-state index in [2.05, 4.69) is 4.74 Å². The molecule has 0 spiro atoms. The lowest BCUT2D eigenvalue weighted by molar-refractivity contribution is -0.134. The Morgan fingerprint density at radius 1 is 1.42 bits per heavy atom. The van der Waals surface area contributed by atoms with Gasteiger partial charge in [0.05, 0.1) is 7.11 Å². The number of Topliss-reactive ketones (excluding diaryl/α,β-unsaturated/α-hetero) is 1. The monoisotopic (exact) mass is 334 g/mol. The lowest BCUT2D eigenvalue weighted by Crippen LogP contribution is -2.16. The second-order valence-corrected chi connectivity index (χ2v) is 5.40. The maximum atomic E-state index is 12.1. The van der Waals surface area contributed by atoms with Crippen molar-refractivity contribution in [2.24, 2.45) is 0 Å². The molecular formula is C18H22O6. The second kappa shape index (κ2) is 8.86. The van der Waals surface area contributed by atoms with Crippen LogP contribution in [0.4, 0.5) is 0 Å². The van der Waals surface area contributed by atoms with Crippen molar-refractivity contribution in [2.45, 2.75) is 39.5 Å². The minimum atomic E-state index is -0.854. The van der Waals surface area contributed by atoms with E-state index in [0.29, 0.717) is 24.2 Å². The molecule has 1 unspecified atom stereocenters. The summed E-state index contributed by atoms with van der Waals surface area (Å²) in [5, 5.41) is 10.0. The number of rotatable bonds is 7. The number of ether oxygens (including phenoxy) is 1. The standard InChI is InChI=1S/C18H22O6/c1-5-11(2)17(21)16-13(19)10-14(24-18(16)22)12(3)8-6-7-9-15(20)23-4/h5,7,9-10,12,19H,6,8H2,1-4H3/b9-7+,11-5?. The smallest absolute Gasteiger partial charge is 0.351 e. The number of methoxy groups -OCH3 is 1. The molecule has 0 amide bonds. The maximum absolute atomic E-state index is 12.1. The summed E-state index contributed by atoms with van der Waals surface area (Å²) >= 11 is 0. The third kappa shape index (κ3) is 4.94. The van der Waals surface area contributed by atoms with E-state index in [1.807, 2.05) is 6.92 Å². The zero-order chi connectivity index (χ0) is 18.3. The lowest BCUT2D eigenvalue weighted by Gasteiger charge is -2.10. The Kier molecular flexibility index (Phi) is 7.17. The van der Waals surface area contributed by atoms with Crippen molar-refractivity contribution in [1.82, 2.24) is 0 Å². The van der Waals surface area contributed by atoms with E-state index in [9.17, 15) is 19.5 Å². The van der Waals surface area contributed by atoms with Crippen LogP contribution in [-0.2, 0) is 9.53 Å². The van der Waals surface area contributed by atoms with Gasteiger partial charge in [0.15, 0.2) is 5.78 Å². The van der Waals surface area contributed by atoms with Crippen LogP contribution >= 0.6 is 0 Å². The van der Waals surface area contributed by atoms with Crippen molar-refractivity contribution in [3.8, 4) is 5.75 Å². The molecule has 0 aliphatic heterocycles. The normalized spacial score (nSPS) is 13.1. The highest BCUT2D eigenvalue weighted by Gasteiger charge is 2.21. The van der Waals surface area contributed by atoms with E-state index in [1.165, 1.54) is 19.3 Å². The molecule has 0 saturated carbocycles. The molecule has 0 bridgehead atoms. The average molecular weight is 334 g/mol. The summed E-state index contributed by atoms with van der Waals surface area (Å²) in [5.41, 5.74) is -0.855. The van der Waals surface area contributed by atoms with Gasteiger partial charge in [-0.25, -0.2) is 9.59 Å². The average Bonchev–Trinajstić information content (AvgIpc) is 2.56. The topological polar surface area (TPSA) is 93.8 Å². The first kappa shape index (κ1) is 19.4. The zero-order valence-corrected chi connectivity index (χ0v) is 14.3. The number of ketones is 1. The number of hydrogen-bond donors (Lipinski definition) is 1. The largest absolute Gasteiger partial charge is 0.507 e. The van der Waals surface area contributed by atoms with Gasteiger partial charge in [-0.15, -0.1) is 0 Å². The molecule has 1 heterocycles. The first-order valence-corrected chi connectivity index (χ1v) is 7.60. The highest BCUT2D eigenvalue weighted by Crippen LogP contribution is 2.25. The molecule has 0 fully saturated rings. The molecule has 1 N–H and O–H groups in total. The molecule has 1 rings (SSSR count). The fraction of sp³-hybridized carbons (Fsp3) is 0.389. The molecule has 0 saturated heterocycles. The van der Waals surface area contributed by atoms with Gasteiger partial charge in [-0.3, -0.25) is 4.79 Å². The van der Waals surface area contributed by atoms with E-state index in [4.69, 9.17) is 4.42 Å².